The average molecular weight is 208 g/mol. The first kappa shape index (κ1) is 8.50. The summed E-state index contributed by atoms with van der Waals surface area (Å²) in [7, 11) is 0. The molecule has 0 N–H and O–H groups in total. The number of hydrogen-bond acceptors (Lipinski definition) is 2. The molecule has 1 heterocycles. The first-order valence-electron chi connectivity index (χ1n) is 3.73. The Morgan fingerprint density at radius 2 is 2.10 bits per heavy atom. The van der Waals surface area contributed by atoms with Gasteiger partial charge in [-0.1, -0.05) is 22.9 Å². The fourth-order valence-corrected chi connectivity index (χ4v) is 1.55. The van der Waals surface area contributed by atoms with Gasteiger partial charge in [0.2, 0.25) is 0 Å². The number of morpholine rings is 1. The first-order valence-corrected chi connectivity index (χ1v) is 4.65. The van der Waals surface area contributed by atoms with Crippen molar-refractivity contribution in [1.82, 2.24) is 4.90 Å². The van der Waals surface area contributed by atoms with Gasteiger partial charge in [-0.3, -0.25) is 4.90 Å². The highest BCUT2D eigenvalue weighted by molar-refractivity contribution is 9.09. The van der Waals surface area contributed by atoms with E-state index in [4.69, 9.17) is 4.74 Å². The molecule has 0 spiro atoms. The third kappa shape index (κ3) is 2.99. The molecule has 3 heteroatoms. The van der Waals surface area contributed by atoms with Gasteiger partial charge in [-0.25, -0.2) is 0 Å². The van der Waals surface area contributed by atoms with Crippen LogP contribution in [0.25, 0.3) is 0 Å². The third-order valence-corrected chi connectivity index (χ3v) is 1.90. The summed E-state index contributed by atoms with van der Waals surface area (Å²) in [5, 5.41) is 0. The number of ether oxygens (including phenoxy) is 1. The Balaban J connectivity index is 2.13. The van der Waals surface area contributed by atoms with Gasteiger partial charge in [0.15, 0.2) is 0 Å². The molecule has 0 aromatic rings. The van der Waals surface area contributed by atoms with E-state index in [1.165, 1.54) is 0 Å². The van der Waals surface area contributed by atoms with E-state index in [-0.39, 0.29) is 0 Å². The lowest BCUT2D eigenvalue weighted by Crippen LogP contribution is -2.39. The second-order valence-electron chi connectivity index (χ2n) is 2.69. The van der Waals surface area contributed by atoms with Crippen LogP contribution in [0.5, 0.6) is 0 Å². The molecule has 0 aromatic heterocycles. The standard InChI is InChI=1S/C7H14BrNO/c1-7(8)6-9-2-4-10-5-3-9/h7H,2-6H2,1H3/t7-/m1/s1. The van der Waals surface area contributed by atoms with Crippen molar-refractivity contribution in [2.45, 2.75) is 11.8 Å². The van der Waals surface area contributed by atoms with Crippen LogP contribution >= 0.6 is 15.9 Å². The van der Waals surface area contributed by atoms with Crippen molar-refractivity contribution in [3.8, 4) is 0 Å². The topological polar surface area (TPSA) is 12.5 Å². The summed E-state index contributed by atoms with van der Waals surface area (Å²) >= 11 is 3.53. The maximum Gasteiger partial charge on any atom is 0.0594 e. The van der Waals surface area contributed by atoms with E-state index < -0.39 is 0 Å². The molecule has 0 radical (unpaired) electrons. The summed E-state index contributed by atoms with van der Waals surface area (Å²) < 4.78 is 5.22. The highest BCUT2D eigenvalue weighted by Crippen LogP contribution is 2.03. The lowest BCUT2D eigenvalue weighted by atomic mass is 10.4. The van der Waals surface area contributed by atoms with Crippen LogP contribution in [0.1, 0.15) is 6.92 Å². The molecule has 1 fully saturated rings. The minimum atomic E-state index is 0.602. The SMILES string of the molecule is C[C@@H](Br)CN1CCOCC1. The van der Waals surface area contributed by atoms with Crippen molar-refractivity contribution >= 4 is 15.9 Å². The number of hydrogen-bond donors (Lipinski definition) is 0. The smallest absolute Gasteiger partial charge is 0.0594 e. The van der Waals surface area contributed by atoms with E-state index in [1.54, 1.807) is 0 Å². The number of halogens is 1. The van der Waals surface area contributed by atoms with Crippen molar-refractivity contribution < 1.29 is 4.74 Å². The summed E-state index contributed by atoms with van der Waals surface area (Å²) in [5.74, 6) is 0. The Hall–Kier alpha value is 0.400. The Morgan fingerprint density at radius 3 is 2.60 bits per heavy atom. The quantitative estimate of drug-likeness (QED) is 0.630. The van der Waals surface area contributed by atoms with E-state index in [0.29, 0.717) is 4.83 Å². The van der Waals surface area contributed by atoms with Crippen molar-refractivity contribution in [2.24, 2.45) is 0 Å². The maximum absolute atomic E-state index is 5.22. The summed E-state index contributed by atoms with van der Waals surface area (Å²) in [6.45, 7) is 7.31. The highest BCUT2D eigenvalue weighted by Gasteiger charge is 2.11. The highest BCUT2D eigenvalue weighted by atomic mass is 79.9. The largest absolute Gasteiger partial charge is 0.379 e. The van der Waals surface area contributed by atoms with Crippen LogP contribution in [-0.4, -0.2) is 42.6 Å². The van der Waals surface area contributed by atoms with Gasteiger partial charge in [0.1, 0.15) is 0 Å². The van der Waals surface area contributed by atoms with Gasteiger partial charge < -0.3 is 4.74 Å². The van der Waals surface area contributed by atoms with Crippen molar-refractivity contribution in [3.63, 3.8) is 0 Å². The molecule has 1 saturated heterocycles. The van der Waals surface area contributed by atoms with Gasteiger partial charge >= 0.3 is 0 Å². The van der Waals surface area contributed by atoms with Gasteiger partial charge in [0.25, 0.3) is 0 Å². The average Bonchev–Trinajstić information content (AvgIpc) is 1.88. The molecule has 1 atom stereocenters. The number of rotatable bonds is 2. The van der Waals surface area contributed by atoms with Crippen LogP contribution in [0.2, 0.25) is 0 Å². The minimum absolute atomic E-state index is 0.602. The van der Waals surface area contributed by atoms with Gasteiger partial charge in [-0.2, -0.15) is 0 Å². The zero-order valence-corrected chi connectivity index (χ0v) is 7.93. The second-order valence-corrected chi connectivity index (χ2v) is 4.26. The molecule has 60 valence electrons. The van der Waals surface area contributed by atoms with Crippen molar-refractivity contribution in [2.75, 3.05) is 32.8 Å². The molecule has 10 heavy (non-hydrogen) atoms. The van der Waals surface area contributed by atoms with Gasteiger partial charge in [-0.15, -0.1) is 0 Å². The van der Waals surface area contributed by atoms with Gasteiger partial charge in [-0.05, 0) is 0 Å². The molecular formula is C7H14BrNO. The van der Waals surface area contributed by atoms with Crippen LogP contribution < -0.4 is 0 Å². The Bertz CT molecular complexity index is 91.6. The molecule has 1 aliphatic rings. The predicted octanol–water partition coefficient (Wildman–Crippen LogP) is 1.10. The van der Waals surface area contributed by atoms with Crippen LogP contribution in [-0.2, 0) is 4.74 Å². The summed E-state index contributed by atoms with van der Waals surface area (Å²) in [4.78, 5) is 3.02. The van der Waals surface area contributed by atoms with E-state index >= 15 is 0 Å². The van der Waals surface area contributed by atoms with Crippen molar-refractivity contribution in [1.29, 1.82) is 0 Å². The van der Waals surface area contributed by atoms with Crippen molar-refractivity contribution in [3.05, 3.63) is 0 Å². The minimum Gasteiger partial charge on any atom is -0.379 e. The van der Waals surface area contributed by atoms with E-state index in [9.17, 15) is 0 Å². The fourth-order valence-electron chi connectivity index (χ4n) is 1.14. The summed E-state index contributed by atoms with van der Waals surface area (Å²) in [5.41, 5.74) is 0. The molecule has 0 unspecified atom stereocenters. The molecule has 0 amide bonds. The van der Waals surface area contributed by atoms with E-state index in [0.717, 1.165) is 32.8 Å². The fraction of sp³-hybridized carbons (Fsp3) is 1.00. The van der Waals surface area contributed by atoms with Crippen LogP contribution in [0.4, 0.5) is 0 Å². The molecule has 1 rings (SSSR count). The summed E-state index contributed by atoms with van der Waals surface area (Å²) in [6.07, 6.45) is 0. The molecule has 0 bridgehead atoms. The normalized spacial score (nSPS) is 24.6. The van der Waals surface area contributed by atoms with E-state index in [2.05, 4.69) is 27.8 Å². The Kier molecular flexibility index (Phi) is 3.66. The van der Waals surface area contributed by atoms with Crippen LogP contribution in [0, 0.1) is 0 Å². The zero-order chi connectivity index (χ0) is 7.40. The lowest BCUT2D eigenvalue weighted by molar-refractivity contribution is 0.0388. The molecule has 0 aromatic carbocycles. The number of alkyl halides is 1. The maximum atomic E-state index is 5.22. The van der Waals surface area contributed by atoms with Crippen LogP contribution in [0.3, 0.4) is 0 Å². The van der Waals surface area contributed by atoms with Gasteiger partial charge in [0.05, 0.1) is 13.2 Å². The van der Waals surface area contributed by atoms with Gasteiger partial charge in [0, 0.05) is 24.5 Å². The first-order chi connectivity index (χ1) is 4.79. The summed E-state index contributed by atoms with van der Waals surface area (Å²) in [6, 6.07) is 0. The molecule has 1 aliphatic heterocycles. The zero-order valence-electron chi connectivity index (χ0n) is 6.35. The Labute approximate surface area is 70.7 Å². The predicted molar refractivity (Wildman–Crippen MR) is 45.6 cm³/mol. The third-order valence-electron chi connectivity index (χ3n) is 1.61. The Morgan fingerprint density at radius 1 is 1.50 bits per heavy atom. The lowest BCUT2D eigenvalue weighted by Gasteiger charge is -2.27. The molecule has 0 aliphatic carbocycles. The van der Waals surface area contributed by atoms with E-state index in [1.807, 2.05) is 0 Å². The molecular weight excluding hydrogens is 194 g/mol. The molecule has 0 saturated carbocycles. The monoisotopic (exact) mass is 207 g/mol. The van der Waals surface area contributed by atoms with Crippen LogP contribution in [0.15, 0.2) is 0 Å². The molecule has 2 nitrogen and oxygen atoms in total. The number of nitrogens with zero attached hydrogens (tertiary/aromatic N) is 1. The second kappa shape index (κ2) is 4.31.